The first-order valence-corrected chi connectivity index (χ1v) is 14.9. The fourth-order valence-electron chi connectivity index (χ4n) is 5.54. The zero-order valence-corrected chi connectivity index (χ0v) is 25.6. The Labute approximate surface area is 260 Å². The van der Waals surface area contributed by atoms with Crippen LogP contribution in [0.1, 0.15) is 44.9 Å². The molecule has 0 bridgehead atoms. The van der Waals surface area contributed by atoms with Gasteiger partial charge in [-0.3, -0.25) is 20.0 Å². The van der Waals surface area contributed by atoms with Crippen LogP contribution in [0.25, 0.3) is 27.8 Å². The highest BCUT2D eigenvalue weighted by molar-refractivity contribution is 6.02. The Morgan fingerprint density at radius 2 is 1.71 bits per heavy atom. The second kappa shape index (κ2) is 12.0. The number of anilines is 3. The van der Waals surface area contributed by atoms with Crippen LogP contribution in [0.4, 0.5) is 22.0 Å². The van der Waals surface area contributed by atoms with Crippen LogP contribution in [-0.2, 0) is 16.8 Å². The van der Waals surface area contributed by atoms with E-state index in [0.717, 1.165) is 60.3 Å². The van der Waals surface area contributed by atoms with Crippen molar-refractivity contribution in [2.45, 2.75) is 45.6 Å². The number of likely N-dealkylation sites (tertiary alicyclic amines) is 1. The van der Waals surface area contributed by atoms with Gasteiger partial charge < -0.3 is 21.3 Å². The van der Waals surface area contributed by atoms with Crippen LogP contribution in [0.3, 0.4) is 0 Å². The van der Waals surface area contributed by atoms with Crippen molar-refractivity contribution in [3.05, 3.63) is 78.3 Å². The quantitative estimate of drug-likeness (QED) is 0.193. The van der Waals surface area contributed by atoms with Gasteiger partial charge in [0.2, 0.25) is 5.91 Å². The van der Waals surface area contributed by atoms with E-state index < -0.39 is 6.03 Å². The number of hydrogen-bond acceptors (Lipinski definition) is 8. The van der Waals surface area contributed by atoms with Gasteiger partial charge in [0.25, 0.3) is 0 Å². The van der Waals surface area contributed by atoms with E-state index in [1.54, 1.807) is 35.3 Å². The van der Waals surface area contributed by atoms with E-state index in [4.69, 9.17) is 21.1 Å². The molecule has 6 N–H and O–H groups in total. The highest BCUT2D eigenvalue weighted by Gasteiger charge is 2.24. The smallest absolute Gasteiger partial charge is 0.324 e. The molecule has 3 amide bonds. The highest BCUT2D eigenvalue weighted by atomic mass is 16.5. The number of nitrogens with zero attached hydrogens (tertiary/aromatic N) is 5. The number of nitrogen functional groups attached to an aromatic ring is 1. The van der Waals surface area contributed by atoms with Crippen molar-refractivity contribution in [3.63, 3.8) is 0 Å². The topological polar surface area (TPSA) is 170 Å². The molecule has 12 heteroatoms. The van der Waals surface area contributed by atoms with Gasteiger partial charge in [0.05, 0.1) is 34.7 Å². The van der Waals surface area contributed by atoms with Crippen LogP contribution in [0.2, 0.25) is 0 Å². The SMILES string of the molecule is CC(C)(C)c1cc(NC(=O)Nc2ccc(-n3nc(-c4ccc(CN5CCC(C(N)=O)CC5)cc4)c4c(N)cncc43)cc2)no1. The fraction of sp³-hybridized carbons (Fsp3) is 0.303. The number of aromatic nitrogens is 4. The third-order valence-electron chi connectivity index (χ3n) is 8.10. The Hall–Kier alpha value is -5.23. The van der Waals surface area contributed by atoms with Crippen LogP contribution in [0, 0.1) is 5.92 Å². The first-order valence-electron chi connectivity index (χ1n) is 14.9. The molecule has 232 valence electrons. The molecule has 4 heterocycles. The Morgan fingerprint density at radius 3 is 2.36 bits per heavy atom. The van der Waals surface area contributed by atoms with Crippen LogP contribution in [0.5, 0.6) is 0 Å². The maximum absolute atomic E-state index is 12.6. The normalized spacial score (nSPS) is 14.5. The summed E-state index contributed by atoms with van der Waals surface area (Å²) in [5, 5.41) is 15.2. The number of hydrogen-bond donors (Lipinski definition) is 4. The highest BCUT2D eigenvalue weighted by Crippen LogP contribution is 2.34. The van der Waals surface area contributed by atoms with Crippen molar-refractivity contribution >= 4 is 40.0 Å². The first-order chi connectivity index (χ1) is 21.5. The maximum Gasteiger partial charge on any atom is 0.324 e. The summed E-state index contributed by atoms with van der Waals surface area (Å²) in [6.45, 7) is 8.53. The lowest BCUT2D eigenvalue weighted by Gasteiger charge is -2.30. The number of amides is 3. The van der Waals surface area contributed by atoms with E-state index >= 15 is 0 Å². The minimum absolute atomic E-state index is 0.0219. The molecule has 45 heavy (non-hydrogen) atoms. The molecule has 0 radical (unpaired) electrons. The molecule has 0 spiro atoms. The third kappa shape index (κ3) is 6.50. The number of urea groups is 1. The summed E-state index contributed by atoms with van der Waals surface area (Å²) >= 11 is 0. The second-order valence-corrected chi connectivity index (χ2v) is 12.5. The summed E-state index contributed by atoms with van der Waals surface area (Å²) in [5.41, 5.74) is 17.2. The van der Waals surface area contributed by atoms with Crippen LogP contribution in [-0.4, -0.2) is 49.8 Å². The van der Waals surface area contributed by atoms with Gasteiger partial charge in [-0.25, -0.2) is 9.48 Å². The zero-order valence-electron chi connectivity index (χ0n) is 25.6. The number of fused-ring (bicyclic) bond motifs is 1. The molecule has 0 atom stereocenters. The lowest BCUT2D eigenvalue weighted by Crippen LogP contribution is -2.38. The van der Waals surface area contributed by atoms with Gasteiger partial charge in [0.15, 0.2) is 5.82 Å². The molecule has 3 aromatic heterocycles. The van der Waals surface area contributed by atoms with E-state index in [-0.39, 0.29) is 17.2 Å². The van der Waals surface area contributed by atoms with Gasteiger partial charge in [-0.2, -0.15) is 5.10 Å². The third-order valence-corrected chi connectivity index (χ3v) is 8.10. The van der Waals surface area contributed by atoms with Crippen LogP contribution >= 0.6 is 0 Å². The predicted molar refractivity (Wildman–Crippen MR) is 174 cm³/mol. The number of primary amides is 1. The standard InChI is InChI=1S/C33H37N9O3/c1-33(2,3)27-16-28(40-45-27)38-32(44)37-23-8-10-24(11-9-23)42-26-18-36-17-25(34)29(26)30(39-42)21-6-4-20(5-7-21)19-41-14-12-22(13-15-41)31(35)43/h4-11,16-18,22H,12-15,19,34H2,1-3H3,(H2,35,43)(H2,37,38,40,44). The summed E-state index contributed by atoms with van der Waals surface area (Å²) in [4.78, 5) is 30.7. The lowest BCUT2D eigenvalue weighted by molar-refractivity contribution is -0.123. The van der Waals surface area contributed by atoms with E-state index in [9.17, 15) is 9.59 Å². The molecular formula is C33H37N9O3. The van der Waals surface area contributed by atoms with E-state index in [1.807, 2.05) is 32.9 Å². The number of nitrogens with one attached hydrogen (secondary N) is 2. The average molecular weight is 608 g/mol. The molecule has 0 saturated carbocycles. The van der Waals surface area contributed by atoms with Gasteiger partial charge in [-0.05, 0) is 55.8 Å². The Morgan fingerprint density at radius 1 is 1.00 bits per heavy atom. The molecule has 0 unspecified atom stereocenters. The van der Waals surface area contributed by atoms with Gasteiger partial charge in [0.1, 0.15) is 11.5 Å². The average Bonchev–Trinajstić information content (AvgIpc) is 3.64. The minimum Gasteiger partial charge on any atom is -0.397 e. The molecule has 5 aromatic rings. The molecule has 6 rings (SSSR count). The Balaban J connectivity index is 1.17. The molecule has 1 aliphatic rings. The molecule has 1 aliphatic heterocycles. The summed E-state index contributed by atoms with van der Waals surface area (Å²) in [6, 6.07) is 16.9. The summed E-state index contributed by atoms with van der Waals surface area (Å²) in [5.74, 6) is 0.797. The second-order valence-electron chi connectivity index (χ2n) is 12.5. The van der Waals surface area contributed by atoms with Gasteiger partial charge in [-0.1, -0.05) is 50.2 Å². The number of piperidine rings is 1. The molecule has 1 fully saturated rings. The van der Waals surface area contributed by atoms with Crippen LogP contribution in [0.15, 0.2) is 71.5 Å². The molecule has 0 aliphatic carbocycles. The number of carbonyl (C=O) groups is 2. The fourth-order valence-corrected chi connectivity index (χ4v) is 5.54. The first kappa shape index (κ1) is 29.8. The van der Waals surface area contributed by atoms with E-state index in [1.165, 1.54) is 5.56 Å². The van der Waals surface area contributed by atoms with Gasteiger partial charge in [0, 0.05) is 35.2 Å². The number of rotatable bonds is 7. The lowest BCUT2D eigenvalue weighted by atomic mass is 9.93. The maximum atomic E-state index is 12.6. The zero-order chi connectivity index (χ0) is 31.7. The molecule has 1 saturated heterocycles. The summed E-state index contributed by atoms with van der Waals surface area (Å²) in [6.07, 6.45) is 4.98. The van der Waals surface area contributed by atoms with Crippen LogP contribution < -0.4 is 22.1 Å². The van der Waals surface area contributed by atoms with Crippen molar-refractivity contribution in [1.29, 1.82) is 0 Å². The Kier molecular flexibility index (Phi) is 7.98. The van der Waals surface area contributed by atoms with Gasteiger partial charge in [-0.15, -0.1) is 0 Å². The molecule has 2 aromatic carbocycles. The number of nitrogens with two attached hydrogens (primary N) is 2. The van der Waals surface area contributed by atoms with Crippen molar-refractivity contribution in [2.24, 2.45) is 11.7 Å². The van der Waals surface area contributed by atoms with Crippen molar-refractivity contribution in [3.8, 4) is 16.9 Å². The van der Waals surface area contributed by atoms with Crippen molar-refractivity contribution in [2.75, 3.05) is 29.5 Å². The number of carbonyl (C=O) groups excluding carboxylic acids is 2. The summed E-state index contributed by atoms with van der Waals surface area (Å²) in [7, 11) is 0. The van der Waals surface area contributed by atoms with E-state index in [0.29, 0.717) is 23.0 Å². The Bertz CT molecular complexity index is 1830. The number of pyridine rings is 1. The van der Waals surface area contributed by atoms with Crippen molar-refractivity contribution in [1.82, 2.24) is 24.8 Å². The largest absolute Gasteiger partial charge is 0.397 e. The predicted octanol–water partition coefficient (Wildman–Crippen LogP) is 5.30. The molecule has 12 nitrogen and oxygen atoms in total. The minimum atomic E-state index is -0.432. The van der Waals surface area contributed by atoms with Gasteiger partial charge >= 0.3 is 6.03 Å². The summed E-state index contributed by atoms with van der Waals surface area (Å²) < 4.78 is 7.14. The number of benzene rings is 2. The van der Waals surface area contributed by atoms with E-state index in [2.05, 4.69) is 49.9 Å². The monoisotopic (exact) mass is 607 g/mol. The van der Waals surface area contributed by atoms with Crippen molar-refractivity contribution < 1.29 is 14.1 Å². The molecular weight excluding hydrogens is 570 g/mol.